The molecule has 1 aliphatic carbocycles. The number of carbonyl (C=O) groups is 2. The number of nitrogens with zero attached hydrogens (tertiary/aromatic N) is 5. The van der Waals surface area contributed by atoms with Crippen molar-refractivity contribution >= 4 is 17.6 Å². The van der Waals surface area contributed by atoms with E-state index in [1.165, 1.54) is 17.0 Å². The minimum Gasteiger partial charge on any atom is -0.417 e. The lowest BCUT2D eigenvalue weighted by atomic mass is 10.1. The fourth-order valence-corrected chi connectivity index (χ4v) is 3.82. The van der Waals surface area contributed by atoms with Crippen molar-refractivity contribution < 1.29 is 18.4 Å². The van der Waals surface area contributed by atoms with Crippen molar-refractivity contribution in [1.29, 1.82) is 0 Å². The second-order valence-electron chi connectivity index (χ2n) is 7.42. The molecule has 1 saturated carbocycles. The van der Waals surface area contributed by atoms with Crippen LogP contribution in [0.2, 0.25) is 0 Å². The van der Waals surface area contributed by atoms with Crippen LogP contribution in [0.15, 0.2) is 41.1 Å². The number of likely N-dealkylation sites (N-methyl/N-ethyl adjacent to an activating group) is 1. The highest BCUT2D eigenvalue weighted by atomic mass is 19.1. The number of aromatic nitrogens is 4. The van der Waals surface area contributed by atoms with Gasteiger partial charge in [-0.05, 0) is 30.0 Å². The Kier molecular flexibility index (Phi) is 4.27. The number of carbonyl (C=O) groups excluding carboxylic acids is 2. The summed E-state index contributed by atoms with van der Waals surface area (Å²) in [5.74, 6) is -0.676. The molecule has 5 rings (SSSR count). The van der Waals surface area contributed by atoms with Gasteiger partial charge < -0.3 is 9.73 Å². The van der Waals surface area contributed by atoms with Crippen LogP contribution in [0.4, 0.5) is 10.2 Å². The molecule has 0 spiro atoms. The van der Waals surface area contributed by atoms with Crippen molar-refractivity contribution in [3.8, 4) is 0 Å². The first-order valence-corrected chi connectivity index (χ1v) is 9.47. The molecule has 2 unspecified atom stereocenters. The van der Waals surface area contributed by atoms with Gasteiger partial charge in [0.05, 0.1) is 12.1 Å². The van der Waals surface area contributed by atoms with Gasteiger partial charge in [0.15, 0.2) is 5.82 Å². The summed E-state index contributed by atoms with van der Waals surface area (Å²) in [5.41, 5.74) is 1.54. The number of hydrogen-bond donors (Lipinski definition) is 1. The van der Waals surface area contributed by atoms with Gasteiger partial charge in [-0.2, -0.15) is 0 Å². The van der Waals surface area contributed by atoms with Crippen LogP contribution < -0.4 is 10.2 Å². The van der Waals surface area contributed by atoms with E-state index in [9.17, 15) is 14.0 Å². The van der Waals surface area contributed by atoms with Gasteiger partial charge in [-0.1, -0.05) is 12.1 Å². The second kappa shape index (κ2) is 6.97. The molecular formula is C20H17FN6O3. The monoisotopic (exact) mass is 408 g/mol. The molecule has 2 aliphatic rings. The summed E-state index contributed by atoms with van der Waals surface area (Å²) in [5, 5.41) is 10.4. The van der Waals surface area contributed by atoms with Crippen LogP contribution in [0.1, 0.15) is 40.2 Å². The van der Waals surface area contributed by atoms with E-state index in [0.717, 1.165) is 17.7 Å². The number of anilines is 1. The lowest BCUT2D eigenvalue weighted by Gasteiger charge is -2.21. The van der Waals surface area contributed by atoms with Gasteiger partial charge >= 0.3 is 11.8 Å². The number of benzene rings is 1. The molecule has 0 radical (unpaired) electrons. The van der Waals surface area contributed by atoms with Gasteiger partial charge in [0.2, 0.25) is 5.89 Å². The molecule has 0 saturated heterocycles. The smallest absolute Gasteiger partial charge is 0.309 e. The molecule has 30 heavy (non-hydrogen) atoms. The van der Waals surface area contributed by atoms with E-state index < -0.39 is 11.9 Å². The molecule has 0 bridgehead atoms. The van der Waals surface area contributed by atoms with Crippen LogP contribution in [0.5, 0.6) is 0 Å². The Balaban J connectivity index is 1.31. The molecule has 1 aromatic carbocycles. The van der Waals surface area contributed by atoms with Crippen molar-refractivity contribution in [2.45, 2.75) is 24.8 Å². The average molecular weight is 408 g/mol. The first kappa shape index (κ1) is 18.3. The molecule has 152 valence electrons. The minimum absolute atomic E-state index is 0.0524. The maximum atomic E-state index is 13.0. The fraction of sp³-hybridized carbons (Fsp3) is 0.300. The maximum Gasteiger partial charge on any atom is 0.309 e. The third-order valence-corrected chi connectivity index (χ3v) is 5.46. The second-order valence-corrected chi connectivity index (χ2v) is 7.42. The molecule has 1 fully saturated rings. The zero-order valence-electron chi connectivity index (χ0n) is 15.9. The summed E-state index contributed by atoms with van der Waals surface area (Å²) in [6.07, 6.45) is 4.16. The number of halogens is 1. The van der Waals surface area contributed by atoms with E-state index >= 15 is 0 Å². The zero-order valence-corrected chi connectivity index (χ0v) is 15.9. The first-order chi connectivity index (χ1) is 14.5. The Morgan fingerprint density at radius 3 is 2.80 bits per heavy atom. The summed E-state index contributed by atoms with van der Waals surface area (Å²) < 4.78 is 18.5. The Labute approximate surface area is 170 Å². The highest BCUT2D eigenvalue weighted by Gasteiger charge is 2.53. The predicted octanol–water partition coefficient (Wildman–Crippen LogP) is 1.47. The van der Waals surface area contributed by atoms with Gasteiger partial charge in [-0.25, -0.2) is 9.37 Å². The molecule has 1 N–H and O–H groups in total. The van der Waals surface area contributed by atoms with Gasteiger partial charge in [-0.15, -0.1) is 10.2 Å². The first-order valence-electron chi connectivity index (χ1n) is 9.47. The third kappa shape index (κ3) is 3.19. The van der Waals surface area contributed by atoms with E-state index in [0.29, 0.717) is 5.82 Å². The van der Waals surface area contributed by atoms with E-state index in [-0.39, 0.29) is 41.8 Å². The predicted molar refractivity (Wildman–Crippen MR) is 101 cm³/mol. The average Bonchev–Trinajstić information content (AvgIpc) is 3.42. The number of rotatable bonds is 4. The maximum absolute atomic E-state index is 13.0. The number of nitrogens with one attached hydrogen (secondary N) is 1. The van der Waals surface area contributed by atoms with Crippen molar-refractivity contribution in [3.05, 3.63) is 65.5 Å². The highest BCUT2D eigenvalue weighted by molar-refractivity contribution is 6.02. The van der Waals surface area contributed by atoms with E-state index in [2.05, 4.69) is 25.5 Å². The largest absolute Gasteiger partial charge is 0.417 e. The van der Waals surface area contributed by atoms with E-state index in [4.69, 9.17) is 4.42 Å². The molecular weight excluding hydrogens is 391 g/mol. The Bertz CT molecular complexity index is 1130. The zero-order chi connectivity index (χ0) is 20.8. The summed E-state index contributed by atoms with van der Waals surface area (Å²) in [6, 6.07) is 5.15. The van der Waals surface area contributed by atoms with Crippen molar-refractivity contribution in [2.24, 2.45) is 5.92 Å². The fourth-order valence-electron chi connectivity index (χ4n) is 3.82. The lowest BCUT2D eigenvalue weighted by molar-refractivity contribution is -0.120. The molecule has 2 amide bonds. The molecule has 2 aromatic heterocycles. The normalized spacial score (nSPS) is 22.1. The quantitative estimate of drug-likeness (QED) is 0.695. The van der Waals surface area contributed by atoms with Crippen molar-refractivity contribution in [1.82, 2.24) is 25.5 Å². The highest BCUT2D eigenvalue weighted by Crippen LogP contribution is 2.53. The topological polar surface area (TPSA) is 114 Å². The van der Waals surface area contributed by atoms with Crippen molar-refractivity contribution in [3.63, 3.8) is 0 Å². The number of amides is 2. The van der Waals surface area contributed by atoms with Gasteiger partial charge in [-0.3, -0.25) is 19.5 Å². The Hall–Kier alpha value is -3.69. The van der Waals surface area contributed by atoms with Gasteiger partial charge in [0.1, 0.15) is 11.9 Å². The molecule has 10 heteroatoms. The minimum atomic E-state index is -0.726. The Morgan fingerprint density at radius 2 is 2.00 bits per heavy atom. The molecule has 1 aliphatic heterocycles. The summed E-state index contributed by atoms with van der Waals surface area (Å²) in [4.78, 5) is 35.7. The standard InChI is InChI=1S/C20H17FN6O3/c1-27-17-15(22-6-7-23-17)12-9-13(12)16(20(27)29)24-18(28)19-26-25-14(30-19)8-10-2-4-11(21)5-3-10/h2-7,12-13,16H,8-9H2,1H3,(H,24,28)/t12?,13-,16?/m0/s1. The van der Waals surface area contributed by atoms with E-state index in [1.807, 2.05) is 0 Å². The van der Waals surface area contributed by atoms with Crippen LogP contribution >= 0.6 is 0 Å². The third-order valence-electron chi connectivity index (χ3n) is 5.46. The molecule has 3 aromatic rings. The van der Waals surface area contributed by atoms with Crippen molar-refractivity contribution in [2.75, 3.05) is 11.9 Å². The number of hydrogen-bond acceptors (Lipinski definition) is 7. The van der Waals surface area contributed by atoms with Gasteiger partial charge in [0, 0.05) is 25.4 Å². The van der Waals surface area contributed by atoms with Gasteiger partial charge in [0.25, 0.3) is 5.91 Å². The molecule has 3 heterocycles. The molecule has 9 nitrogen and oxygen atoms in total. The Morgan fingerprint density at radius 1 is 1.23 bits per heavy atom. The summed E-state index contributed by atoms with van der Waals surface area (Å²) in [6.45, 7) is 0. The van der Waals surface area contributed by atoms with Crippen LogP contribution in [0.25, 0.3) is 0 Å². The van der Waals surface area contributed by atoms with Crippen LogP contribution in [0, 0.1) is 11.7 Å². The van der Waals surface area contributed by atoms with Crippen LogP contribution in [-0.2, 0) is 11.2 Å². The van der Waals surface area contributed by atoms with Crippen LogP contribution in [-0.4, -0.2) is 45.1 Å². The van der Waals surface area contributed by atoms with E-state index in [1.54, 1.807) is 31.6 Å². The number of fused-ring (bicyclic) bond motifs is 3. The summed E-state index contributed by atoms with van der Waals surface area (Å²) >= 11 is 0. The SMILES string of the molecule is CN1C(=O)C(NC(=O)c2nnc(Cc3ccc(F)cc3)o2)[C@H]2CC2c2nccnc21. The molecule has 3 atom stereocenters. The summed E-state index contributed by atoms with van der Waals surface area (Å²) in [7, 11) is 1.62. The lowest BCUT2D eigenvalue weighted by Crippen LogP contribution is -2.48. The van der Waals surface area contributed by atoms with Crippen LogP contribution in [0.3, 0.4) is 0 Å².